The highest BCUT2D eigenvalue weighted by atomic mass is 16.5. The zero-order chi connectivity index (χ0) is 16.7. The van der Waals surface area contributed by atoms with Gasteiger partial charge in [-0.05, 0) is 49.4 Å². The second kappa shape index (κ2) is 8.37. The van der Waals surface area contributed by atoms with Crippen LogP contribution in [0.1, 0.15) is 30.0 Å². The molecular formula is C20H25NO2. The van der Waals surface area contributed by atoms with Crippen LogP contribution in [-0.2, 0) is 11.2 Å². The van der Waals surface area contributed by atoms with Crippen LogP contribution >= 0.6 is 0 Å². The van der Waals surface area contributed by atoms with Crippen molar-refractivity contribution in [3.05, 3.63) is 65.2 Å². The number of carbonyl (C=O) groups excluding carboxylic acids is 1. The van der Waals surface area contributed by atoms with Crippen LogP contribution in [0.25, 0.3) is 0 Å². The van der Waals surface area contributed by atoms with Crippen molar-refractivity contribution >= 4 is 5.91 Å². The zero-order valence-corrected chi connectivity index (χ0v) is 14.1. The molecule has 0 aliphatic carbocycles. The molecule has 0 saturated carbocycles. The minimum absolute atomic E-state index is 0.0515. The minimum Gasteiger partial charge on any atom is -0.480 e. The first-order valence-electron chi connectivity index (χ1n) is 8.15. The molecule has 0 aliphatic heterocycles. The number of benzene rings is 2. The maximum Gasteiger partial charge on any atom is 0.261 e. The highest BCUT2D eigenvalue weighted by Crippen LogP contribution is 2.21. The summed E-state index contributed by atoms with van der Waals surface area (Å²) in [5.41, 5.74) is 3.40. The summed E-state index contributed by atoms with van der Waals surface area (Å²) in [6, 6.07) is 16.2. The SMILES string of the molecule is CC[C@H](Oc1cc(C)ccc1C)C(=O)NCCc1ccccc1. The van der Waals surface area contributed by atoms with Crippen LogP contribution in [0.5, 0.6) is 5.75 Å². The molecule has 122 valence electrons. The van der Waals surface area contributed by atoms with E-state index in [0.717, 1.165) is 23.3 Å². The normalized spacial score (nSPS) is 11.8. The van der Waals surface area contributed by atoms with Gasteiger partial charge in [-0.25, -0.2) is 0 Å². The highest BCUT2D eigenvalue weighted by Gasteiger charge is 2.18. The van der Waals surface area contributed by atoms with Crippen molar-refractivity contribution in [2.24, 2.45) is 0 Å². The Kier molecular flexibility index (Phi) is 6.21. The van der Waals surface area contributed by atoms with E-state index in [2.05, 4.69) is 17.4 Å². The Morgan fingerprint density at radius 3 is 2.57 bits per heavy atom. The third kappa shape index (κ3) is 5.13. The number of nitrogens with one attached hydrogen (secondary N) is 1. The molecule has 0 bridgehead atoms. The molecule has 2 rings (SSSR count). The van der Waals surface area contributed by atoms with Gasteiger partial charge in [0.2, 0.25) is 0 Å². The first-order chi connectivity index (χ1) is 11.1. The fourth-order valence-electron chi connectivity index (χ4n) is 2.40. The fraction of sp³-hybridized carbons (Fsp3) is 0.350. The minimum atomic E-state index is -0.453. The summed E-state index contributed by atoms with van der Waals surface area (Å²) in [4.78, 5) is 12.3. The average molecular weight is 311 g/mol. The van der Waals surface area contributed by atoms with Gasteiger partial charge >= 0.3 is 0 Å². The molecule has 0 unspecified atom stereocenters. The Bertz CT molecular complexity index is 637. The quantitative estimate of drug-likeness (QED) is 0.844. The average Bonchev–Trinajstić information content (AvgIpc) is 2.56. The largest absolute Gasteiger partial charge is 0.480 e. The smallest absolute Gasteiger partial charge is 0.261 e. The summed E-state index contributed by atoms with van der Waals surface area (Å²) in [5, 5.41) is 2.97. The molecule has 0 radical (unpaired) electrons. The molecule has 3 heteroatoms. The van der Waals surface area contributed by atoms with E-state index in [-0.39, 0.29) is 5.91 Å². The van der Waals surface area contributed by atoms with Gasteiger partial charge in [-0.3, -0.25) is 4.79 Å². The van der Waals surface area contributed by atoms with Gasteiger partial charge < -0.3 is 10.1 Å². The van der Waals surface area contributed by atoms with Gasteiger partial charge in [0.1, 0.15) is 5.75 Å². The summed E-state index contributed by atoms with van der Waals surface area (Å²) >= 11 is 0. The summed E-state index contributed by atoms with van der Waals surface area (Å²) in [6.07, 6.45) is 1.02. The molecule has 3 nitrogen and oxygen atoms in total. The van der Waals surface area contributed by atoms with Crippen molar-refractivity contribution in [3.8, 4) is 5.75 Å². The van der Waals surface area contributed by atoms with Crippen molar-refractivity contribution in [1.82, 2.24) is 5.32 Å². The van der Waals surface area contributed by atoms with E-state index in [0.29, 0.717) is 13.0 Å². The van der Waals surface area contributed by atoms with Crippen LogP contribution in [0, 0.1) is 13.8 Å². The number of hydrogen-bond acceptors (Lipinski definition) is 2. The monoisotopic (exact) mass is 311 g/mol. The Morgan fingerprint density at radius 2 is 1.87 bits per heavy atom. The molecule has 1 atom stereocenters. The number of carbonyl (C=O) groups is 1. The maximum atomic E-state index is 12.3. The van der Waals surface area contributed by atoms with E-state index in [4.69, 9.17) is 4.74 Å². The highest BCUT2D eigenvalue weighted by molar-refractivity contribution is 5.81. The number of rotatable bonds is 7. The molecule has 2 aromatic rings. The van der Waals surface area contributed by atoms with E-state index >= 15 is 0 Å². The predicted octanol–water partition coefficient (Wildman–Crippen LogP) is 3.82. The van der Waals surface area contributed by atoms with Gasteiger partial charge in [0.25, 0.3) is 5.91 Å². The predicted molar refractivity (Wildman–Crippen MR) is 93.8 cm³/mol. The molecule has 0 fully saturated rings. The second-order valence-electron chi connectivity index (χ2n) is 5.81. The maximum absolute atomic E-state index is 12.3. The lowest BCUT2D eigenvalue weighted by Crippen LogP contribution is -2.39. The zero-order valence-electron chi connectivity index (χ0n) is 14.1. The summed E-state index contributed by atoms with van der Waals surface area (Å²) in [5.74, 6) is 0.736. The summed E-state index contributed by atoms with van der Waals surface area (Å²) in [7, 11) is 0. The molecule has 0 aromatic heterocycles. The van der Waals surface area contributed by atoms with E-state index < -0.39 is 6.10 Å². The fourth-order valence-corrected chi connectivity index (χ4v) is 2.40. The van der Waals surface area contributed by atoms with E-state index in [1.807, 2.05) is 57.2 Å². The number of ether oxygens (including phenoxy) is 1. The molecule has 1 amide bonds. The van der Waals surface area contributed by atoms with Crippen molar-refractivity contribution < 1.29 is 9.53 Å². The number of aryl methyl sites for hydroxylation is 2. The van der Waals surface area contributed by atoms with Crippen LogP contribution in [0.15, 0.2) is 48.5 Å². The Balaban J connectivity index is 1.89. The van der Waals surface area contributed by atoms with Crippen molar-refractivity contribution in [3.63, 3.8) is 0 Å². The number of hydrogen-bond donors (Lipinski definition) is 1. The first-order valence-corrected chi connectivity index (χ1v) is 8.15. The lowest BCUT2D eigenvalue weighted by Gasteiger charge is -2.19. The lowest BCUT2D eigenvalue weighted by molar-refractivity contribution is -0.128. The molecule has 1 N–H and O–H groups in total. The Hall–Kier alpha value is -2.29. The van der Waals surface area contributed by atoms with Crippen LogP contribution in [0.4, 0.5) is 0 Å². The molecule has 2 aromatic carbocycles. The van der Waals surface area contributed by atoms with Gasteiger partial charge in [0, 0.05) is 6.54 Å². The van der Waals surface area contributed by atoms with E-state index in [1.165, 1.54) is 5.56 Å². The summed E-state index contributed by atoms with van der Waals surface area (Å²) in [6.45, 7) is 6.60. The van der Waals surface area contributed by atoms with Gasteiger partial charge in [0.15, 0.2) is 6.10 Å². The van der Waals surface area contributed by atoms with Gasteiger partial charge in [-0.15, -0.1) is 0 Å². The van der Waals surface area contributed by atoms with Crippen molar-refractivity contribution in [1.29, 1.82) is 0 Å². The van der Waals surface area contributed by atoms with Crippen LogP contribution in [0.3, 0.4) is 0 Å². The number of amides is 1. The van der Waals surface area contributed by atoms with Gasteiger partial charge in [-0.1, -0.05) is 49.4 Å². The Labute approximate surface area is 138 Å². The molecule has 23 heavy (non-hydrogen) atoms. The Morgan fingerprint density at radius 1 is 1.13 bits per heavy atom. The molecule has 0 aliphatic rings. The summed E-state index contributed by atoms with van der Waals surface area (Å²) < 4.78 is 5.93. The third-order valence-corrected chi connectivity index (χ3v) is 3.83. The molecule has 0 saturated heterocycles. The van der Waals surface area contributed by atoms with Crippen molar-refractivity contribution in [2.45, 2.75) is 39.7 Å². The van der Waals surface area contributed by atoms with Crippen molar-refractivity contribution in [2.75, 3.05) is 6.54 Å². The van der Waals surface area contributed by atoms with E-state index in [9.17, 15) is 4.79 Å². The topological polar surface area (TPSA) is 38.3 Å². The lowest BCUT2D eigenvalue weighted by atomic mass is 10.1. The first kappa shape index (κ1) is 17.1. The van der Waals surface area contributed by atoms with Gasteiger partial charge in [0.05, 0.1) is 0 Å². The third-order valence-electron chi connectivity index (χ3n) is 3.83. The molecule has 0 heterocycles. The van der Waals surface area contributed by atoms with Crippen LogP contribution in [-0.4, -0.2) is 18.6 Å². The standard InChI is InChI=1S/C20H25NO2/c1-4-18(23-19-14-15(2)10-11-16(19)3)20(22)21-13-12-17-8-6-5-7-9-17/h5-11,14,18H,4,12-13H2,1-3H3,(H,21,22)/t18-/m0/s1. The van der Waals surface area contributed by atoms with Gasteiger partial charge in [-0.2, -0.15) is 0 Å². The second-order valence-corrected chi connectivity index (χ2v) is 5.81. The molecule has 0 spiro atoms. The molecular weight excluding hydrogens is 286 g/mol. The van der Waals surface area contributed by atoms with Crippen LogP contribution < -0.4 is 10.1 Å². The van der Waals surface area contributed by atoms with Crippen LogP contribution in [0.2, 0.25) is 0 Å². The van der Waals surface area contributed by atoms with E-state index in [1.54, 1.807) is 0 Å².